The Bertz CT molecular complexity index is 956. The van der Waals surface area contributed by atoms with Crippen LogP contribution in [-0.4, -0.2) is 30.1 Å². The van der Waals surface area contributed by atoms with Gasteiger partial charge in [0.05, 0.1) is 5.69 Å². The number of amides is 2. The van der Waals surface area contributed by atoms with Crippen LogP contribution in [-0.2, 0) is 6.61 Å². The number of rotatable bonds is 6. The van der Waals surface area contributed by atoms with Gasteiger partial charge in [0.2, 0.25) is 0 Å². The molecule has 0 saturated heterocycles. The topological polar surface area (TPSA) is 58.6 Å². The summed E-state index contributed by atoms with van der Waals surface area (Å²) in [6.45, 7) is 0.467. The summed E-state index contributed by atoms with van der Waals surface area (Å²) >= 11 is 2.70. The Morgan fingerprint density at radius 3 is 2.64 bits per heavy atom. The van der Waals surface area contributed by atoms with Crippen molar-refractivity contribution in [2.45, 2.75) is 11.5 Å². The Morgan fingerprint density at radius 2 is 1.89 bits per heavy atom. The van der Waals surface area contributed by atoms with Gasteiger partial charge in [0.25, 0.3) is 11.1 Å². The molecule has 1 aromatic heterocycles. The van der Waals surface area contributed by atoms with Crippen molar-refractivity contribution in [2.24, 2.45) is 0 Å². The van der Waals surface area contributed by atoms with Gasteiger partial charge in [-0.25, -0.2) is 0 Å². The van der Waals surface area contributed by atoms with Gasteiger partial charge in [0, 0.05) is 29.4 Å². The maximum absolute atomic E-state index is 12.7. The lowest BCUT2D eigenvalue weighted by atomic mass is 10.2. The average molecular weight is 413 g/mol. The van der Waals surface area contributed by atoms with Crippen molar-refractivity contribution in [3.63, 3.8) is 0 Å². The Hall–Kier alpha value is -2.77. The van der Waals surface area contributed by atoms with Crippen LogP contribution in [0.3, 0.4) is 0 Å². The van der Waals surface area contributed by atoms with Gasteiger partial charge in [0.15, 0.2) is 0 Å². The van der Waals surface area contributed by atoms with Crippen molar-refractivity contribution in [3.8, 4) is 5.75 Å². The van der Waals surface area contributed by atoms with E-state index in [-0.39, 0.29) is 11.1 Å². The van der Waals surface area contributed by atoms with Crippen LogP contribution < -0.4 is 10.1 Å². The van der Waals surface area contributed by atoms with Crippen LogP contribution in [0.15, 0.2) is 70.9 Å². The molecule has 0 aliphatic carbocycles. The first-order chi connectivity index (χ1) is 13.5. The van der Waals surface area contributed by atoms with Crippen molar-refractivity contribution in [1.29, 1.82) is 0 Å². The van der Waals surface area contributed by atoms with Crippen LogP contribution in [0.4, 0.5) is 10.5 Å². The van der Waals surface area contributed by atoms with Crippen LogP contribution in [0.2, 0.25) is 0 Å². The molecule has 2 aromatic carbocycles. The zero-order valence-corrected chi connectivity index (χ0v) is 17.2. The third-order valence-corrected chi connectivity index (χ3v) is 5.72. The maximum atomic E-state index is 12.7. The first-order valence-corrected chi connectivity index (χ1v) is 10.3. The molecule has 5 nitrogen and oxygen atoms in total. The first kappa shape index (κ1) is 20.0. The zero-order chi connectivity index (χ0) is 19.9. The molecule has 7 heteroatoms. The normalized spacial score (nSPS) is 10.4. The molecule has 0 aliphatic rings. The molecule has 0 saturated carbocycles. The molecule has 0 aliphatic heterocycles. The second-order valence-corrected chi connectivity index (χ2v) is 8.13. The fourth-order valence-corrected chi connectivity index (χ4v) is 3.68. The molecular formula is C21H20N2O3S2. The second kappa shape index (κ2) is 9.43. The minimum Gasteiger partial charge on any atom is -0.488 e. The first-order valence-electron chi connectivity index (χ1n) is 8.57. The molecule has 28 heavy (non-hydrogen) atoms. The number of thioether (sulfide) groups is 1. The van der Waals surface area contributed by atoms with Crippen molar-refractivity contribution in [3.05, 3.63) is 76.5 Å². The van der Waals surface area contributed by atoms with E-state index < -0.39 is 0 Å². The Balaban J connectivity index is 1.69. The molecule has 0 spiro atoms. The van der Waals surface area contributed by atoms with E-state index in [0.29, 0.717) is 28.5 Å². The lowest BCUT2D eigenvalue weighted by molar-refractivity contribution is 0.102. The molecule has 0 atom stereocenters. The number of hydrogen-bond acceptors (Lipinski definition) is 5. The van der Waals surface area contributed by atoms with E-state index in [2.05, 4.69) is 5.32 Å². The summed E-state index contributed by atoms with van der Waals surface area (Å²) in [7, 11) is 3.39. The molecule has 0 bridgehead atoms. The lowest BCUT2D eigenvalue weighted by Crippen LogP contribution is -2.17. The van der Waals surface area contributed by atoms with Crippen LogP contribution in [0.5, 0.6) is 5.75 Å². The predicted octanol–water partition coefficient (Wildman–Crippen LogP) is 5.35. The summed E-state index contributed by atoms with van der Waals surface area (Å²) in [6, 6.07) is 18.3. The standard InChI is InChI=1S/C21H20N2O3S2/c1-23(2)21(25)28-19-11-4-3-10-18(19)22-20(24)15-7-5-8-16(13-15)26-14-17-9-6-12-27-17/h3-13H,14H2,1-2H3,(H,22,24). The second-order valence-electron chi connectivity index (χ2n) is 6.11. The third kappa shape index (κ3) is 5.37. The highest BCUT2D eigenvalue weighted by Crippen LogP contribution is 2.29. The van der Waals surface area contributed by atoms with Gasteiger partial charge in [-0.3, -0.25) is 9.59 Å². The zero-order valence-electron chi connectivity index (χ0n) is 15.5. The molecule has 0 radical (unpaired) electrons. The minimum absolute atomic E-state index is 0.106. The number of nitrogens with one attached hydrogen (secondary N) is 1. The number of nitrogens with zero attached hydrogens (tertiary/aromatic N) is 1. The summed E-state index contributed by atoms with van der Waals surface area (Å²) < 4.78 is 5.77. The van der Waals surface area contributed by atoms with E-state index in [1.54, 1.807) is 49.7 Å². The summed E-state index contributed by atoms with van der Waals surface area (Å²) in [5, 5.41) is 4.78. The molecule has 3 aromatic rings. The molecule has 144 valence electrons. The third-order valence-electron chi connectivity index (χ3n) is 3.76. The highest BCUT2D eigenvalue weighted by molar-refractivity contribution is 8.13. The molecule has 0 unspecified atom stereocenters. The largest absolute Gasteiger partial charge is 0.488 e. The Morgan fingerprint density at radius 1 is 1.07 bits per heavy atom. The van der Waals surface area contributed by atoms with Gasteiger partial charge in [-0.2, -0.15) is 0 Å². The van der Waals surface area contributed by atoms with E-state index in [1.807, 2.05) is 41.8 Å². The molecule has 0 fully saturated rings. The smallest absolute Gasteiger partial charge is 0.286 e. The summed E-state index contributed by atoms with van der Waals surface area (Å²) in [5.74, 6) is 0.374. The van der Waals surface area contributed by atoms with Crippen LogP contribution >= 0.6 is 23.1 Å². The number of hydrogen-bond donors (Lipinski definition) is 1. The quantitative estimate of drug-likeness (QED) is 0.554. The number of thiophene rings is 1. The van der Waals surface area contributed by atoms with Crippen molar-refractivity contribution < 1.29 is 14.3 Å². The van der Waals surface area contributed by atoms with Gasteiger partial charge < -0.3 is 15.0 Å². The van der Waals surface area contributed by atoms with Crippen molar-refractivity contribution >= 4 is 39.9 Å². The molecular weight excluding hydrogens is 392 g/mol. The predicted molar refractivity (Wildman–Crippen MR) is 114 cm³/mol. The van der Waals surface area contributed by atoms with E-state index in [9.17, 15) is 9.59 Å². The number of benzene rings is 2. The fraction of sp³-hybridized carbons (Fsp3) is 0.143. The van der Waals surface area contributed by atoms with Crippen LogP contribution in [0, 0.1) is 0 Å². The van der Waals surface area contributed by atoms with E-state index in [4.69, 9.17) is 4.74 Å². The number of carbonyl (C=O) groups excluding carboxylic acids is 2. The van der Waals surface area contributed by atoms with E-state index in [0.717, 1.165) is 16.6 Å². The molecule has 1 heterocycles. The summed E-state index contributed by atoms with van der Waals surface area (Å²) in [6.07, 6.45) is 0. The van der Waals surface area contributed by atoms with Crippen molar-refractivity contribution in [2.75, 3.05) is 19.4 Å². The van der Waals surface area contributed by atoms with Gasteiger partial charge in [0.1, 0.15) is 12.4 Å². The number of carbonyl (C=O) groups is 2. The van der Waals surface area contributed by atoms with Gasteiger partial charge >= 0.3 is 0 Å². The maximum Gasteiger partial charge on any atom is 0.286 e. The lowest BCUT2D eigenvalue weighted by Gasteiger charge is -2.13. The van der Waals surface area contributed by atoms with E-state index in [1.165, 1.54) is 4.90 Å². The van der Waals surface area contributed by atoms with Crippen LogP contribution in [0.1, 0.15) is 15.2 Å². The summed E-state index contributed by atoms with van der Waals surface area (Å²) in [4.78, 5) is 28.0. The van der Waals surface area contributed by atoms with Gasteiger partial charge in [-0.05, 0) is 53.5 Å². The Kier molecular flexibility index (Phi) is 6.73. The minimum atomic E-state index is -0.257. The van der Waals surface area contributed by atoms with Gasteiger partial charge in [-0.1, -0.05) is 24.3 Å². The van der Waals surface area contributed by atoms with Gasteiger partial charge in [-0.15, -0.1) is 11.3 Å². The van der Waals surface area contributed by atoms with Crippen LogP contribution in [0.25, 0.3) is 0 Å². The van der Waals surface area contributed by atoms with Crippen molar-refractivity contribution in [1.82, 2.24) is 4.90 Å². The highest BCUT2D eigenvalue weighted by atomic mass is 32.2. The average Bonchev–Trinajstić information content (AvgIpc) is 3.21. The number of anilines is 1. The summed E-state index contributed by atoms with van der Waals surface area (Å²) in [5.41, 5.74) is 1.08. The highest BCUT2D eigenvalue weighted by Gasteiger charge is 2.14. The molecule has 3 rings (SSSR count). The molecule has 2 amide bonds. The SMILES string of the molecule is CN(C)C(=O)Sc1ccccc1NC(=O)c1cccc(OCc2cccs2)c1. The molecule has 1 N–H and O–H groups in total. The number of para-hydroxylation sites is 1. The monoisotopic (exact) mass is 412 g/mol. The number of ether oxygens (including phenoxy) is 1. The fourth-order valence-electron chi connectivity index (χ4n) is 2.32. The van der Waals surface area contributed by atoms with E-state index >= 15 is 0 Å². The Labute approximate surface area is 172 Å².